The second-order valence-corrected chi connectivity index (χ2v) is 7.18. The molecule has 0 radical (unpaired) electrons. The zero-order valence-corrected chi connectivity index (χ0v) is 16.5. The van der Waals surface area contributed by atoms with E-state index in [9.17, 15) is 4.79 Å². The molecule has 0 bridgehead atoms. The summed E-state index contributed by atoms with van der Waals surface area (Å²) < 4.78 is 5.53. The second kappa shape index (κ2) is 8.86. The lowest BCUT2D eigenvalue weighted by atomic mass is 9.96. The Morgan fingerprint density at radius 3 is 3.03 bits per heavy atom. The summed E-state index contributed by atoms with van der Waals surface area (Å²) in [7, 11) is 0. The van der Waals surface area contributed by atoms with Gasteiger partial charge in [-0.05, 0) is 43.5 Å². The summed E-state index contributed by atoms with van der Waals surface area (Å²) in [5.41, 5.74) is 3.43. The molecular formula is C22H25N5O2. The predicted octanol–water partition coefficient (Wildman–Crippen LogP) is 2.96. The molecule has 150 valence electrons. The summed E-state index contributed by atoms with van der Waals surface area (Å²) in [5, 5.41) is 3.08. The standard InChI is InChI=1S/C22H25N5O2/c1-2-29-19-7-3-5-16(11-19)13-26-22(28)17-6-4-10-27(15-17)18-12-20-21(25-14-18)24-9-8-23-20/h3,5,7-9,11-12,14,17H,2,4,6,10,13,15H2,1H3,(H,26,28). The van der Waals surface area contributed by atoms with Gasteiger partial charge in [0.1, 0.15) is 11.3 Å². The number of fused-ring (bicyclic) bond motifs is 1. The number of piperidine rings is 1. The Bertz CT molecular complexity index is 994. The van der Waals surface area contributed by atoms with Crippen molar-refractivity contribution in [2.45, 2.75) is 26.3 Å². The van der Waals surface area contributed by atoms with Crippen molar-refractivity contribution in [3.05, 3.63) is 54.5 Å². The van der Waals surface area contributed by atoms with Gasteiger partial charge in [-0.15, -0.1) is 0 Å². The minimum atomic E-state index is -0.0450. The normalized spacial score (nSPS) is 16.6. The van der Waals surface area contributed by atoms with Gasteiger partial charge in [0.15, 0.2) is 5.65 Å². The highest BCUT2D eigenvalue weighted by Gasteiger charge is 2.26. The Morgan fingerprint density at radius 1 is 1.24 bits per heavy atom. The Hall–Kier alpha value is -3.22. The van der Waals surface area contributed by atoms with Gasteiger partial charge in [0.25, 0.3) is 0 Å². The predicted molar refractivity (Wildman–Crippen MR) is 112 cm³/mol. The second-order valence-electron chi connectivity index (χ2n) is 7.18. The van der Waals surface area contributed by atoms with E-state index in [4.69, 9.17) is 4.74 Å². The molecule has 3 heterocycles. The van der Waals surface area contributed by atoms with Gasteiger partial charge in [0.05, 0.1) is 24.4 Å². The molecular weight excluding hydrogens is 366 g/mol. The van der Waals surface area contributed by atoms with Crippen molar-refractivity contribution in [2.75, 3.05) is 24.6 Å². The number of benzene rings is 1. The lowest BCUT2D eigenvalue weighted by Crippen LogP contribution is -2.43. The highest BCUT2D eigenvalue weighted by molar-refractivity contribution is 5.80. The maximum Gasteiger partial charge on any atom is 0.225 e. The Balaban J connectivity index is 1.38. The molecule has 0 spiro atoms. The van der Waals surface area contributed by atoms with Gasteiger partial charge in [-0.3, -0.25) is 9.78 Å². The number of amides is 1. The molecule has 3 aromatic rings. The van der Waals surface area contributed by atoms with Crippen LogP contribution in [0.4, 0.5) is 5.69 Å². The Kier molecular flexibility index (Phi) is 5.84. The van der Waals surface area contributed by atoms with Gasteiger partial charge < -0.3 is 15.0 Å². The van der Waals surface area contributed by atoms with E-state index in [1.54, 1.807) is 12.4 Å². The van der Waals surface area contributed by atoms with Gasteiger partial charge in [0, 0.05) is 32.0 Å². The molecule has 1 fully saturated rings. The summed E-state index contributed by atoms with van der Waals surface area (Å²) in [6.45, 7) is 4.68. The molecule has 1 aliphatic heterocycles. The van der Waals surface area contributed by atoms with E-state index in [-0.39, 0.29) is 11.8 Å². The minimum Gasteiger partial charge on any atom is -0.494 e. The number of aromatic nitrogens is 3. The quantitative estimate of drug-likeness (QED) is 0.696. The molecule has 1 unspecified atom stereocenters. The fourth-order valence-corrected chi connectivity index (χ4v) is 3.69. The average Bonchev–Trinajstić information content (AvgIpc) is 2.78. The number of nitrogens with zero attached hydrogens (tertiary/aromatic N) is 4. The van der Waals surface area contributed by atoms with Gasteiger partial charge in [-0.2, -0.15) is 0 Å². The molecule has 0 saturated carbocycles. The molecule has 1 aromatic carbocycles. The molecule has 4 rings (SSSR count). The fraction of sp³-hybridized carbons (Fsp3) is 0.364. The Morgan fingerprint density at radius 2 is 2.14 bits per heavy atom. The molecule has 1 saturated heterocycles. The number of carbonyl (C=O) groups excluding carboxylic acids is 1. The van der Waals surface area contributed by atoms with Crippen LogP contribution in [0.2, 0.25) is 0 Å². The van der Waals surface area contributed by atoms with Crippen LogP contribution in [0.5, 0.6) is 5.75 Å². The van der Waals surface area contributed by atoms with Gasteiger partial charge >= 0.3 is 0 Å². The number of anilines is 1. The average molecular weight is 391 g/mol. The zero-order chi connectivity index (χ0) is 20.1. The molecule has 29 heavy (non-hydrogen) atoms. The number of pyridine rings is 1. The van der Waals surface area contributed by atoms with Crippen LogP contribution in [0.1, 0.15) is 25.3 Å². The SMILES string of the molecule is CCOc1cccc(CNC(=O)C2CCCN(c3cnc4nccnc4c3)C2)c1. The number of ether oxygens (including phenoxy) is 1. The largest absolute Gasteiger partial charge is 0.494 e. The van der Waals surface area contributed by atoms with Crippen LogP contribution in [0.15, 0.2) is 48.9 Å². The lowest BCUT2D eigenvalue weighted by molar-refractivity contribution is -0.125. The first-order valence-electron chi connectivity index (χ1n) is 10.0. The van der Waals surface area contributed by atoms with E-state index in [1.165, 1.54) is 0 Å². The number of carbonyl (C=O) groups is 1. The highest BCUT2D eigenvalue weighted by Crippen LogP contribution is 2.24. The topological polar surface area (TPSA) is 80.2 Å². The van der Waals surface area contributed by atoms with Crippen molar-refractivity contribution >= 4 is 22.8 Å². The Labute approximate surface area is 170 Å². The van der Waals surface area contributed by atoms with Crippen LogP contribution in [-0.2, 0) is 11.3 Å². The molecule has 1 amide bonds. The van der Waals surface area contributed by atoms with Crippen molar-refractivity contribution in [3.8, 4) is 5.75 Å². The van der Waals surface area contributed by atoms with E-state index in [0.29, 0.717) is 25.3 Å². The molecule has 7 nitrogen and oxygen atoms in total. The zero-order valence-electron chi connectivity index (χ0n) is 16.5. The number of hydrogen-bond donors (Lipinski definition) is 1. The van der Waals surface area contributed by atoms with Gasteiger partial charge in [0.2, 0.25) is 5.91 Å². The number of hydrogen-bond acceptors (Lipinski definition) is 6. The molecule has 1 N–H and O–H groups in total. The van der Waals surface area contributed by atoms with Crippen LogP contribution in [0.3, 0.4) is 0 Å². The van der Waals surface area contributed by atoms with Crippen molar-refractivity contribution in [3.63, 3.8) is 0 Å². The number of rotatable bonds is 6. The maximum absolute atomic E-state index is 12.8. The molecule has 2 aromatic heterocycles. The van der Waals surface area contributed by atoms with E-state index >= 15 is 0 Å². The smallest absolute Gasteiger partial charge is 0.225 e. The summed E-state index contributed by atoms with van der Waals surface area (Å²) in [6.07, 6.45) is 6.98. The van der Waals surface area contributed by atoms with E-state index < -0.39 is 0 Å². The van der Waals surface area contributed by atoms with Crippen LogP contribution in [0.25, 0.3) is 11.2 Å². The van der Waals surface area contributed by atoms with Crippen LogP contribution >= 0.6 is 0 Å². The summed E-state index contributed by atoms with van der Waals surface area (Å²) in [5.74, 6) is 0.872. The van der Waals surface area contributed by atoms with E-state index in [1.807, 2.05) is 43.5 Å². The van der Waals surface area contributed by atoms with Crippen molar-refractivity contribution < 1.29 is 9.53 Å². The van der Waals surface area contributed by atoms with Crippen molar-refractivity contribution in [1.82, 2.24) is 20.3 Å². The van der Waals surface area contributed by atoms with Gasteiger partial charge in [-0.25, -0.2) is 9.97 Å². The first kappa shape index (κ1) is 19.1. The molecule has 7 heteroatoms. The van der Waals surface area contributed by atoms with E-state index in [0.717, 1.165) is 41.9 Å². The monoisotopic (exact) mass is 391 g/mol. The van der Waals surface area contributed by atoms with E-state index in [2.05, 4.69) is 25.2 Å². The first-order chi connectivity index (χ1) is 14.2. The van der Waals surface area contributed by atoms with Gasteiger partial charge in [-0.1, -0.05) is 12.1 Å². The third kappa shape index (κ3) is 4.62. The molecule has 1 aliphatic rings. The fourth-order valence-electron chi connectivity index (χ4n) is 3.69. The van der Waals surface area contributed by atoms with Crippen molar-refractivity contribution in [2.24, 2.45) is 5.92 Å². The third-order valence-electron chi connectivity index (χ3n) is 5.14. The first-order valence-corrected chi connectivity index (χ1v) is 10.0. The van der Waals surface area contributed by atoms with Crippen LogP contribution < -0.4 is 15.0 Å². The molecule has 1 atom stereocenters. The summed E-state index contributed by atoms with van der Waals surface area (Å²) >= 11 is 0. The number of nitrogens with one attached hydrogen (secondary N) is 1. The summed E-state index contributed by atoms with van der Waals surface area (Å²) in [4.78, 5) is 27.9. The third-order valence-corrected chi connectivity index (χ3v) is 5.14. The lowest BCUT2D eigenvalue weighted by Gasteiger charge is -2.33. The van der Waals surface area contributed by atoms with Crippen LogP contribution in [-0.4, -0.2) is 40.6 Å². The molecule has 0 aliphatic carbocycles. The maximum atomic E-state index is 12.8. The highest BCUT2D eigenvalue weighted by atomic mass is 16.5. The van der Waals surface area contributed by atoms with Crippen LogP contribution in [0, 0.1) is 5.92 Å². The van der Waals surface area contributed by atoms with Crippen molar-refractivity contribution in [1.29, 1.82) is 0 Å². The minimum absolute atomic E-state index is 0.0450. The summed E-state index contributed by atoms with van der Waals surface area (Å²) in [6, 6.07) is 9.84.